The van der Waals surface area contributed by atoms with E-state index in [1.807, 2.05) is 0 Å². The van der Waals surface area contributed by atoms with Crippen LogP contribution in [0.3, 0.4) is 0 Å². The lowest BCUT2D eigenvalue weighted by Gasteiger charge is -2.32. The first-order chi connectivity index (χ1) is 11.5. The number of amides is 2. The Bertz CT molecular complexity index is 575. The van der Waals surface area contributed by atoms with Crippen LogP contribution in [0, 0.1) is 5.92 Å². The SMILES string of the molecule is NC(=O)CCC1CCCN(CCC(=O)Nc2c(Cl)cccc2Cl)C1. The lowest BCUT2D eigenvalue weighted by molar-refractivity contribution is -0.118. The molecular formula is C17H23Cl2N3O2. The number of benzene rings is 1. The number of para-hydroxylation sites is 1. The molecule has 1 heterocycles. The molecule has 1 unspecified atom stereocenters. The molecule has 1 atom stereocenters. The van der Waals surface area contributed by atoms with Crippen LogP contribution in [0.4, 0.5) is 5.69 Å². The molecule has 7 heteroatoms. The van der Waals surface area contributed by atoms with Crippen LogP contribution in [-0.4, -0.2) is 36.3 Å². The summed E-state index contributed by atoms with van der Waals surface area (Å²) >= 11 is 12.1. The average molecular weight is 372 g/mol. The van der Waals surface area contributed by atoms with E-state index in [1.54, 1.807) is 18.2 Å². The summed E-state index contributed by atoms with van der Waals surface area (Å²) in [6.07, 6.45) is 3.84. The summed E-state index contributed by atoms with van der Waals surface area (Å²) in [7, 11) is 0. The number of likely N-dealkylation sites (tertiary alicyclic amines) is 1. The van der Waals surface area contributed by atoms with Crippen LogP contribution in [0.5, 0.6) is 0 Å². The number of anilines is 1. The molecule has 2 amide bonds. The van der Waals surface area contributed by atoms with Gasteiger partial charge in [-0.1, -0.05) is 29.3 Å². The van der Waals surface area contributed by atoms with Crippen molar-refractivity contribution in [3.8, 4) is 0 Å². The molecule has 5 nitrogen and oxygen atoms in total. The van der Waals surface area contributed by atoms with Gasteiger partial charge in [0.05, 0.1) is 15.7 Å². The van der Waals surface area contributed by atoms with Crippen molar-refractivity contribution in [2.24, 2.45) is 11.7 Å². The summed E-state index contributed by atoms with van der Waals surface area (Å²) in [5.74, 6) is 0.125. The Morgan fingerprint density at radius 2 is 1.96 bits per heavy atom. The van der Waals surface area contributed by atoms with E-state index in [9.17, 15) is 9.59 Å². The molecule has 3 N–H and O–H groups in total. The second-order valence-electron chi connectivity index (χ2n) is 6.21. The molecule has 1 fully saturated rings. The minimum Gasteiger partial charge on any atom is -0.370 e. The van der Waals surface area contributed by atoms with Crippen molar-refractivity contribution in [3.05, 3.63) is 28.2 Å². The van der Waals surface area contributed by atoms with Gasteiger partial charge in [0.1, 0.15) is 0 Å². The number of nitrogens with two attached hydrogens (primary N) is 1. The number of hydrogen-bond donors (Lipinski definition) is 2. The molecule has 0 spiro atoms. The maximum atomic E-state index is 12.1. The first kappa shape index (κ1) is 19.0. The molecule has 0 aromatic heterocycles. The largest absolute Gasteiger partial charge is 0.370 e. The Hall–Kier alpha value is -1.30. The van der Waals surface area contributed by atoms with E-state index in [0.717, 1.165) is 32.4 Å². The number of piperidine rings is 1. The fourth-order valence-corrected chi connectivity index (χ4v) is 3.51. The highest BCUT2D eigenvalue weighted by Crippen LogP contribution is 2.30. The summed E-state index contributed by atoms with van der Waals surface area (Å²) in [5.41, 5.74) is 5.68. The number of carbonyl (C=O) groups is 2. The Morgan fingerprint density at radius 3 is 2.62 bits per heavy atom. The zero-order chi connectivity index (χ0) is 17.5. The highest BCUT2D eigenvalue weighted by atomic mass is 35.5. The van der Waals surface area contributed by atoms with E-state index in [1.165, 1.54) is 0 Å². The first-order valence-corrected chi connectivity index (χ1v) is 8.96. The Kier molecular flexibility index (Phi) is 7.34. The number of halogens is 2. The van der Waals surface area contributed by atoms with Gasteiger partial charge in [-0.05, 0) is 43.9 Å². The summed E-state index contributed by atoms with van der Waals surface area (Å²) in [6, 6.07) is 5.12. The van der Waals surface area contributed by atoms with Crippen LogP contribution in [0.2, 0.25) is 10.0 Å². The maximum absolute atomic E-state index is 12.1. The predicted octanol–water partition coefficient (Wildman–Crippen LogP) is 3.30. The van der Waals surface area contributed by atoms with Gasteiger partial charge in [-0.25, -0.2) is 0 Å². The van der Waals surface area contributed by atoms with Crippen LogP contribution in [0.15, 0.2) is 18.2 Å². The zero-order valence-corrected chi connectivity index (χ0v) is 15.1. The van der Waals surface area contributed by atoms with E-state index in [-0.39, 0.29) is 11.8 Å². The zero-order valence-electron chi connectivity index (χ0n) is 13.6. The number of nitrogens with one attached hydrogen (secondary N) is 1. The van der Waals surface area contributed by atoms with E-state index >= 15 is 0 Å². The van der Waals surface area contributed by atoms with Gasteiger partial charge in [0, 0.05) is 25.9 Å². The van der Waals surface area contributed by atoms with Crippen molar-refractivity contribution >= 4 is 40.7 Å². The molecule has 132 valence electrons. The first-order valence-electron chi connectivity index (χ1n) is 8.20. The molecule has 1 aliphatic rings. The van der Waals surface area contributed by atoms with Crippen molar-refractivity contribution in [2.45, 2.75) is 32.1 Å². The van der Waals surface area contributed by atoms with Gasteiger partial charge in [0.2, 0.25) is 11.8 Å². The van der Waals surface area contributed by atoms with Crippen LogP contribution in [0.1, 0.15) is 32.1 Å². The molecule has 0 bridgehead atoms. The minimum atomic E-state index is -0.247. The fraction of sp³-hybridized carbons (Fsp3) is 0.529. The molecule has 1 aromatic rings. The van der Waals surface area contributed by atoms with Crippen molar-refractivity contribution in [1.29, 1.82) is 0 Å². The Labute approximate surface area is 152 Å². The van der Waals surface area contributed by atoms with Crippen LogP contribution in [-0.2, 0) is 9.59 Å². The lowest BCUT2D eigenvalue weighted by atomic mass is 9.93. The Morgan fingerprint density at radius 1 is 1.25 bits per heavy atom. The molecule has 0 radical (unpaired) electrons. The molecule has 24 heavy (non-hydrogen) atoms. The van der Waals surface area contributed by atoms with Gasteiger partial charge in [0.25, 0.3) is 0 Å². The topological polar surface area (TPSA) is 75.4 Å². The molecule has 1 saturated heterocycles. The van der Waals surface area contributed by atoms with Gasteiger partial charge in [0.15, 0.2) is 0 Å². The Balaban J connectivity index is 1.78. The summed E-state index contributed by atoms with van der Waals surface area (Å²) in [4.78, 5) is 25.3. The maximum Gasteiger partial charge on any atom is 0.225 e. The van der Waals surface area contributed by atoms with Gasteiger partial charge >= 0.3 is 0 Å². The number of carbonyl (C=O) groups excluding carboxylic acids is 2. The van der Waals surface area contributed by atoms with Gasteiger partial charge in [-0.3, -0.25) is 9.59 Å². The second-order valence-corrected chi connectivity index (χ2v) is 7.02. The van der Waals surface area contributed by atoms with Gasteiger partial charge in [-0.2, -0.15) is 0 Å². The van der Waals surface area contributed by atoms with Crippen LogP contribution >= 0.6 is 23.2 Å². The van der Waals surface area contributed by atoms with E-state index in [2.05, 4.69) is 10.2 Å². The number of primary amides is 1. The van der Waals surface area contributed by atoms with Gasteiger partial charge in [-0.15, -0.1) is 0 Å². The van der Waals surface area contributed by atoms with Crippen molar-refractivity contribution in [1.82, 2.24) is 4.90 Å². The predicted molar refractivity (Wildman–Crippen MR) is 97.3 cm³/mol. The molecule has 0 saturated carbocycles. The molecule has 2 rings (SSSR count). The number of nitrogens with zero attached hydrogens (tertiary/aromatic N) is 1. The number of rotatable bonds is 7. The average Bonchev–Trinajstić information content (AvgIpc) is 2.55. The number of hydrogen-bond acceptors (Lipinski definition) is 3. The molecule has 1 aliphatic heterocycles. The fourth-order valence-electron chi connectivity index (χ4n) is 3.02. The third-order valence-corrected chi connectivity index (χ3v) is 4.91. The van der Waals surface area contributed by atoms with Crippen LogP contribution in [0.25, 0.3) is 0 Å². The third kappa shape index (κ3) is 5.96. The standard InChI is InChI=1S/C17H23Cl2N3O2/c18-13-4-1-5-14(19)17(13)21-16(24)8-10-22-9-2-3-12(11-22)6-7-15(20)23/h1,4-5,12H,2-3,6-11H2,(H2,20,23)(H,21,24). The van der Waals surface area contributed by atoms with Crippen molar-refractivity contribution in [2.75, 3.05) is 25.0 Å². The second kappa shape index (κ2) is 9.25. The molecular weight excluding hydrogens is 349 g/mol. The highest BCUT2D eigenvalue weighted by molar-refractivity contribution is 6.39. The van der Waals surface area contributed by atoms with E-state index in [0.29, 0.717) is 41.0 Å². The van der Waals surface area contributed by atoms with Gasteiger partial charge < -0.3 is 16.0 Å². The monoisotopic (exact) mass is 371 g/mol. The minimum absolute atomic E-state index is 0.107. The summed E-state index contributed by atoms with van der Waals surface area (Å²) in [5, 5.41) is 3.64. The highest BCUT2D eigenvalue weighted by Gasteiger charge is 2.21. The molecule has 1 aromatic carbocycles. The quantitative estimate of drug-likeness (QED) is 0.771. The normalized spacial score (nSPS) is 18.3. The molecule has 0 aliphatic carbocycles. The summed E-state index contributed by atoms with van der Waals surface area (Å²) < 4.78 is 0. The summed E-state index contributed by atoms with van der Waals surface area (Å²) in [6.45, 7) is 2.57. The van der Waals surface area contributed by atoms with Crippen molar-refractivity contribution < 1.29 is 9.59 Å². The smallest absolute Gasteiger partial charge is 0.225 e. The van der Waals surface area contributed by atoms with Crippen LogP contribution < -0.4 is 11.1 Å². The lowest BCUT2D eigenvalue weighted by Crippen LogP contribution is -2.37. The third-order valence-electron chi connectivity index (χ3n) is 4.28. The van der Waals surface area contributed by atoms with E-state index < -0.39 is 0 Å². The van der Waals surface area contributed by atoms with Crippen molar-refractivity contribution in [3.63, 3.8) is 0 Å². The van der Waals surface area contributed by atoms with E-state index in [4.69, 9.17) is 28.9 Å².